The molecule has 0 amide bonds. The molecular weight excluding hydrogens is 312 g/mol. The molecule has 0 aliphatic heterocycles. The van der Waals surface area contributed by atoms with Gasteiger partial charge in [-0.2, -0.15) is 0 Å². The molecule has 0 N–H and O–H groups in total. The minimum atomic E-state index is 0.353. The first-order valence-electron chi connectivity index (χ1n) is 2.42. The molecule has 0 nitrogen and oxygen atoms in total. The first kappa shape index (κ1) is 8.02. The maximum absolute atomic E-state index is 3.44. The Balaban J connectivity index is 2.74. The fourth-order valence-electron chi connectivity index (χ4n) is 0.580. The second kappa shape index (κ2) is 3.35. The van der Waals surface area contributed by atoms with Crippen LogP contribution in [0.4, 0.5) is 0 Å². The monoisotopic (exact) mass is 313 g/mol. The molecular formula is C6H4Br3. The van der Waals surface area contributed by atoms with Gasteiger partial charge in [-0.15, -0.1) is 0 Å². The molecule has 49 valence electrons. The van der Waals surface area contributed by atoms with Crippen molar-refractivity contribution in [2.24, 2.45) is 0 Å². The number of hydrogen-bond acceptors (Lipinski definition) is 0. The standard InChI is InChI=1S/C6H4Br3/c7-4-1-5(8)3-6(9)2-4/h1-4H. The van der Waals surface area contributed by atoms with Gasteiger partial charge in [-0.3, -0.25) is 0 Å². The number of alkyl halides is 1. The molecule has 0 saturated carbocycles. The predicted octanol–water partition coefficient (Wildman–Crippen LogP) is 3.53. The van der Waals surface area contributed by atoms with Crippen LogP contribution in [-0.2, 0) is 0 Å². The first-order chi connectivity index (χ1) is 4.18. The van der Waals surface area contributed by atoms with Gasteiger partial charge in [0.25, 0.3) is 0 Å². The zero-order valence-corrected chi connectivity index (χ0v) is 9.20. The van der Waals surface area contributed by atoms with Gasteiger partial charge in [0.05, 0.1) is 0 Å². The summed E-state index contributed by atoms with van der Waals surface area (Å²) < 4.78 is 2.22. The lowest BCUT2D eigenvalue weighted by Gasteiger charge is -2.08. The van der Waals surface area contributed by atoms with Crippen molar-refractivity contribution in [3.8, 4) is 0 Å². The molecule has 1 aliphatic carbocycles. The molecule has 0 bridgehead atoms. The van der Waals surface area contributed by atoms with Crippen molar-refractivity contribution < 1.29 is 0 Å². The first-order valence-corrected chi connectivity index (χ1v) is 4.92. The van der Waals surface area contributed by atoms with Gasteiger partial charge in [0.15, 0.2) is 0 Å². The minimum absolute atomic E-state index is 0.353. The van der Waals surface area contributed by atoms with Crippen molar-refractivity contribution in [2.45, 2.75) is 4.83 Å². The third-order valence-electron chi connectivity index (χ3n) is 0.913. The summed E-state index contributed by atoms with van der Waals surface area (Å²) in [6.45, 7) is 0. The van der Waals surface area contributed by atoms with Gasteiger partial charge in [0, 0.05) is 20.2 Å². The van der Waals surface area contributed by atoms with E-state index in [1.807, 2.05) is 6.08 Å². The summed E-state index contributed by atoms with van der Waals surface area (Å²) in [4.78, 5) is 0.353. The molecule has 1 aliphatic rings. The van der Waals surface area contributed by atoms with Crippen LogP contribution in [0.1, 0.15) is 0 Å². The smallest absolute Gasteiger partial charge is 0.0419 e. The molecule has 0 aromatic carbocycles. The zero-order chi connectivity index (χ0) is 6.85. The predicted molar refractivity (Wildman–Crippen MR) is 51.0 cm³/mol. The van der Waals surface area contributed by atoms with Crippen molar-refractivity contribution in [2.75, 3.05) is 0 Å². The molecule has 0 heterocycles. The highest BCUT2D eigenvalue weighted by molar-refractivity contribution is 9.12. The van der Waals surface area contributed by atoms with Gasteiger partial charge in [0.1, 0.15) is 0 Å². The summed E-state index contributed by atoms with van der Waals surface area (Å²) in [5.74, 6) is 0. The van der Waals surface area contributed by atoms with Crippen molar-refractivity contribution in [1.29, 1.82) is 0 Å². The minimum Gasteiger partial charge on any atom is -0.0838 e. The molecule has 0 spiro atoms. The number of allylic oxidation sites excluding steroid dienone is 4. The molecule has 1 rings (SSSR count). The average molecular weight is 316 g/mol. The van der Waals surface area contributed by atoms with Gasteiger partial charge in [0.2, 0.25) is 0 Å². The Labute approximate surface area is 79.8 Å². The second-order valence-corrected chi connectivity index (χ2v) is 4.58. The maximum atomic E-state index is 3.44. The number of halogens is 3. The van der Waals surface area contributed by atoms with E-state index in [9.17, 15) is 0 Å². The van der Waals surface area contributed by atoms with E-state index in [1.54, 1.807) is 0 Å². The van der Waals surface area contributed by atoms with Crippen molar-refractivity contribution in [3.63, 3.8) is 0 Å². The summed E-state index contributed by atoms with van der Waals surface area (Å²) in [6.07, 6.45) is 6.16. The van der Waals surface area contributed by atoms with Crippen LogP contribution in [0.5, 0.6) is 0 Å². The van der Waals surface area contributed by atoms with E-state index in [1.165, 1.54) is 0 Å². The molecule has 1 unspecified atom stereocenters. The lowest BCUT2D eigenvalue weighted by atomic mass is 10.2. The van der Waals surface area contributed by atoms with Crippen molar-refractivity contribution in [3.05, 3.63) is 27.5 Å². The SMILES string of the molecule is BrC1=CC(Br)=CC(Br)[CH]1. The fourth-order valence-corrected chi connectivity index (χ4v) is 3.23. The molecule has 0 fully saturated rings. The molecule has 0 saturated heterocycles. The van der Waals surface area contributed by atoms with Crippen LogP contribution in [0.2, 0.25) is 0 Å². The summed E-state index contributed by atoms with van der Waals surface area (Å²) in [7, 11) is 0. The average Bonchev–Trinajstić information content (AvgIpc) is 1.59. The summed E-state index contributed by atoms with van der Waals surface area (Å²) in [6, 6.07) is 0. The Morgan fingerprint density at radius 3 is 2.33 bits per heavy atom. The van der Waals surface area contributed by atoms with Crippen LogP contribution in [0, 0.1) is 6.42 Å². The summed E-state index contributed by atoms with van der Waals surface area (Å²) in [5.41, 5.74) is 0. The lowest BCUT2D eigenvalue weighted by molar-refractivity contribution is 1.30. The quantitative estimate of drug-likeness (QED) is 0.600. The van der Waals surface area contributed by atoms with E-state index in [-0.39, 0.29) is 0 Å². The van der Waals surface area contributed by atoms with Gasteiger partial charge in [-0.05, 0) is 6.08 Å². The lowest BCUT2D eigenvalue weighted by Crippen LogP contribution is -1.98. The van der Waals surface area contributed by atoms with Crippen LogP contribution < -0.4 is 0 Å². The molecule has 9 heavy (non-hydrogen) atoms. The van der Waals surface area contributed by atoms with Gasteiger partial charge < -0.3 is 0 Å². The van der Waals surface area contributed by atoms with Gasteiger partial charge in [-0.25, -0.2) is 0 Å². The number of hydrogen-bond donors (Lipinski definition) is 0. The summed E-state index contributed by atoms with van der Waals surface area (Å²) in [5, 5.41) is 0. The Hall–Kier alpha value is 0.920. The van der Waals surface area contributed by atoms with Crippen LogP contribution in [0.3, 0.4) is 0 Å². The van der Waals surface area contributed by atoms with E-state index in [0.717, 1.165) is 8.96 Å². The Kier molecular flexibility index (Phi) is 2.99. The highest BCUT2D eigenvalue weighted by Crippen LogP contribution is 2.27. The van der Waals surface area contributed by atoms with Gasteiger partial charge >= 0.3 is 0 Å². The Morgan fingerprint density at radius 2 is 1.89 bits per heavy atom. The van der Waals surface area contributed by atoms with Gasteiger partial charge in [-0.1, -0.05) is 53.9 Å². The third kappa shape index (κ3) is 2.56. The largest absolute Gasteiger partial charge is 0.0838 e. The van der Waals surface area contributed by atoms with Crippen molar-refractivity contribution >= 4 is 47.8 Å². The molecule has 1 radical (unpaired) electrons. The highest BCUT2D eigenvalue weighted by Gasteiger charge is 2.08. The topological polar surface area (TPSA) is 0 Å². The second-order valence-electron chi connectivity index (χ2n) is 1.69. The summed E-state index contributed by atoms with van der Waals surface area (Å²) >= 11 is 10.2. The van der Waals surface area contributed by atoms with Crippen LogP contribution >= 0.6 is 47.8 Å². The van der Waals surface area contributed by atoms with E-state index < -0.39 is 0 Å². The molecule has 0 aromatic rings. The Morgan fingerprint density at radius 1 is 1.22 bits per heavy atom. The van der Waals surface area contributed by atoms with E-state index in [4.69, 9.17) is 0 Å². The van der Waals surface area contributed by atoms with Crippen LogP contribution in [-0.4, -0.2) is 4.83 Å². The fraction of sp³-hybridized carbons (Fsp3) is 0.167. The van der Waals surface area contributed by atoms with Crippen LogP contribution in [0.25, 0.3) is 0 Å². The van der Waals surface area contributed by atoms with E-state index in [2.05, 4.69) is 60.3 Å². The molecule has 3 heteroatoms. The van der Waals surface area contributed by atoms with E-state index in [0.29, 0.717) is 4.83 Å². The highest BCUT2D eigenvalue weighted by atomic mass is 79.9. The van der Waals surface area contributed by atoms with Crippen molar-refractivity contribution in [1.82, 2.24) is 0 Å². The maximum Gasteiger partial charge on any atom is 0.0419 e. The number of rotatable bonds is 0. The van der Waals surface area contributed by atoms with Crippen LogP contribution in [0.15, 0.2) is 21.1 Å². The van der Waals surface area contributed by atoms with E-state index >= 15 is 0 Å². The third-order valence-corrected chi connectivity index (χ3v) is 2.43. The Bertz CT molecular complexity index is 169. The molecule has 1 atom stereocenters. The zero-order valence-electron chi connectivity index (χ0n) is 4.44. The normalized spacial score (nSPS) is 27.2. The molecule has 0 aromatic heterocycles.